The second kappa shape index (κ2) is 6.84. The lowest BCUT2D eigenvalue weighted by molar-refractivity contribution is 0.0922. The number of aromatic nitrogens is 4. The van der Waals surface area contributed by atoms with Crippen LogP contribution in [-0.4, -0.2) is 33.0 Å². The number of hydrogen-bond donors (Lipinski definition) is 2. The molecule has 0 fully saturated rings. The number of rotatable bonds is 3. The van der Waals surface area contributed by atoms with Gasteiger partial charge in [0.05, 0.1) is 30.1 Å². The van der Waals surface area contributed by atoms with Crippen molar-refractivity contribution in [1.82, 2.24) is 25.3 Å². The Kier molecular flexibility index (Phi) is 4.34. The average molecular weight is 380 g/mol. The molecular weight excluding hydrogens is 363 g/mol. The predicted octanol–water partition coefficient (Wildman–Crippen LogP) is 2.00. The van der Waals surface area contributed by atoms with E-state index < -0.39 is 11.9 Å². The quantitative estimate of drug-likeness (QED) is 0.714. The van der Waals surface area contributed by atoms with Crippen LogP contribution in [0.2, 0.25) is 0 Å². The summed E-state index contributed by atoms with van der Waals surface area (Å²) < 4.78 is 19.1. The molecule has 1 aromatic carbocycles. The molecule has 3 N–H and O–H groups in total. The number of fused-ring (bicyclic) bond motifs is 1. The van der Waals surface area contributed by atoms with Gasteiger partial charge in [0.1, 0.15) is 5.82 Å². The normalized spacial score (nSPS) is 15.7. The van der Waals surface area contributed by atoms with E-state index in [0.717, 1.165) is 0 Å². The van der Waals surface area contributed by atoms with Gasteiger partial charge in [0, 0.05) is 24.2 Å². The number of halogens is 1. The molecule has 0 spiro atoms. The van der Waals surface area contributed by atoms with Crippen molar-refractivity contribution in [1.29, 1.82) is 0 Å². The number of aryl methyl sites for hydroxylation is 1. The van der Waals surface area contributed by atoms with Crippen molar-refractivity contribution in [2.24, 2.45) is 0 Å². The first-order valence-electron chi connectivity index (χ1n) is 8.57. The van der Waals surface area contributed by atoms with E-state index in [1.165, 1.54) is 25.4 Å². The minimum atomic E-state index is -0.445. The van der Waals surface area contributed by atoms with Crippen molar-refractivity contribution in [2.45, 2.75) is 19.4 Å². The standard InChI is InChI=1S/C19H17FN6O2/c1-9-16-14(25-19(21)23-9)8-13(24-18(16)27)11-4-3-10(20)7-12(11)17-22-6-5-15(26-17)28-2/h3-7,13H,8H2,1-2H3,(H,24,27)(H2,21,23,25)/t13-/m1/s1. The summed E-state index contributed by atoms with van der Waals surface area (Å²) in [5.74, 6) is 0.0301. The Hall–Kier alpha value is -3.62. The van der Waals surface area contributed by atoms with Gasteiger partial charge in [-0.1, -0.05) is 6.07 Å². The van der Waals surface area contributed by atoms with Crippen LogP contribution < -0.4 is 15.8 Å². The number of nitrogens with one attached hydrogen (secondary N) is 1. The Bertz CT molecular complexity index is 1090. The smallest absolute Gasteiger partial charge is 0.255 e. The highest BCUT2D eigenvalue weighted by Crippen LogP contribution is 2.33. The van der Waals surface area contributed by atoms with Crippen molar-refractivity contribution in [3.8, 4) is 17.3 Å². The average Bonchev–Trinajstić information content (AvgIpc) is 2.67. The summed E-state index contributed by atoms with van der Waals surface area (Å²) in [6.45, 7) is 1.71. The molecular formula is C19H17FN6O2. The monoisotopic (exact) mass is 380 g/mol. The summed E-state index contributed by atoms with van der Waals surface area (Å²) >= 11 is 0. The molecule has 1 atom stereocenters. The minimum absolute atomic E-state index is 0.111. The highest BCUT2D eigenvalue weighted by molar-refractivity contribution is 5.98. The third kappa shape index (κ3) is 3.11. The Morgan fingerprint density at radius 2 is 2.07 bits per heavy atom. The molecule has 1 aliphatic heterocycles. The lowest BCUT2D eigenvalue weighted by Gasteiger charge is -2.27. The second-order valence-corrected chi connectivity index (χ2v) is 6.37. The summed E-state index contributed by atoms with van der Waals surface area (Å²) in [5, 5.41) is 2.94. The fraction of sp³-hybridized carbons (Fsp3) is 0.211. The maximum absolute atomic E-state index is 14.0. The van der Waals surface area contributed by atoms with E-state index in [9.17, 15) is 9.18 Å². The van der Waals surface area contributed by atoms with Gasteiger partial charge in [0.2, 0.25) is 11.8 Å². The molecule has 0 bridgehead atoms. The van der Waals surface area contributed by atoms with Crippen molar-refractivity contribution >= 4 is 11.9 Å². The van der Waals surface area contributed by atoms with Crippen LogP contribution in [0, 0.1) is 12.7 Å². The summed E-state index contributed by atoms with van der Waals surface area (Å²) in [7, 11) is 1.49. The molecule has 1 amide bonds. The van der Waals surface area contributed by atoms with Gasteiger partial charge >= 0.3 is 0 Å². The summed E-state index contributed by atoms with van der Waals surface area (Å²) in [5.41, 5.74) is 8.38. The lowest BCUT2D eigenvalue weighted by atomic mass is 9.91. The first-order valence-corrected chi connectivity index (χ1v) is 8.57. The number of carbonyl (C=O) groups excluding carboxylic acids is 1. The lowest BCUT2D eigenvalue weighted by Crippen LogP contribution is -2.37. The summed E-state index contributed by atoms with van der Waals surface area (Å²) in [6, 6.07) is 5.44. The van der Waals surface area contributed by atoms with E-state index in [1.54, 1.807) is 19.1 Å². The molecule has 28 heavy (non-hydrogen) atoms. The van der Waals surface area contributed by atoms with Crippen LogP contribution in [0.1, 0.15) is 33.4 Å². The maximum atomic E-state index is 14.0. The zero-order chi connectivity index (χ0) is 19.8. The molecule has 3 aromatic rings. The second-order valence-electron chi connectivity index (χ2n) is 6.37. The van der Waals surface area contributed by atoms with Crippen molar-refractivity contribution in [3.05, 3.63) is 58.8 Å². The third-order valence-corrected chi connectivity index (χ3v) is 4.58. The van der Waals surface area contributed by atoms with Gasteiger partial charge in [-0.2, -0.15) is 4.98 Å². The number of amides is 1. The van der Waals surface area contributed by atoms with Gasteiger partial charge in [0.25, 0.3) is 5.91 Å². The summed E-state index contributed by atoms with van der Waals surface area (Å²) in [6.07, 6.45) is 1.92. The van der Waals surface area contributed by atoms with Gasteiger partial charge in [0.15, 0.2) is 5.82 Å². The Balaban J connectivity index is 1.81. The number of nitrogen functional groups attached to an aromatic ring is 1. The van der Waals surface area contributed by atoms with E-state index in [1.807, 2.05) is 0 Å². The van der Waals surface area contributed by atoms with Crippen LogP contribution in [0.3, 0.4) is 0 Å². The zero-order valence-electron chi connectivity index (χ0n) is 15.2. The highest BCUT2D eigenvalue weighted by Gasteiger charge is 2.31. The van der Waals surface area contributed by atoms with Crippen LogP contribution in [0.4, 0.5) is 10.3 Å². The zero-order valence-corrected chi connectivity index (χ0v) is 15.2. The third-order valence-electron chi connectivity index (χ3n) is 4.58. The maximum Gasteiger partial charge on any atom is 0.255 e. The van der Waals surface area contributed by atoms with Gasteiger partial charge < -0.3 is 15.8 Å². The molecule has 1 aliphatic rings. The predicted molar refractivity (Wildman–Crippen MR) is 99.1 cm³/mol. The first kappa shape index (κ1) is 17.8. The molecule has 0 radical (unpaired) electrons. The van der Waals surface area contributed by atoms with E-state index in [-0.39, 0.29) is 11.9 Å². The number of nitrogens with two attached hydrogens (primary N) is 1. The van der Waals surface area contributed by atoms with Crippen LogP contribution in [0.15, 0.2) is 30.5 Å². The number of ether oxygens (including phenoxy) is 1. The van der Waals surface area contributed by atoms with E-state index in [0.29, 0.717) is 46.2 Å². The molecule has 0 saturated heterocycles. The minimum Gasteiger partial charge on any atom is -0.481 e. The van der Waals surface area contributed by atoms with Crippen molar-refractivity contribution in [2.75, 3.05) is 12.8 Å². The van der Waals surface area contributed by atoms with Crippen LogP contribution in [0.25, 0.3) is 11.4 Å². The molecule has 9 heteroatoms. The Morgan fingerprint density at radius 3 is 2.86 bits per heavy atom. The molecule has 142 valence electrons. The topological polar surface area (TPSA) is 116 Å². The van der Waals surface area contributed by atoms with Gasteiger partial charge in [-0.3, -0.25) is 4.79 Å². The van der Waals surface area contributed by atoms with Crippen LogP contribution in [0.5, 0.6) is 5.88 Å². The molecule has 8 nitrogen and oxygen atoms in total. The first-order chi connectivity index (χ1) is 13.5. The largest absolute Gasteiger partial charge is 0.481 e. The molecule has 4 rings (SSSR count). The van der Waals surface area contributed by atoms with E-state index in [2.05, 4.69) is 25.3 Å². The number of benzene rings is 1. The number of anilines is 1. The van der Waals surface area contributed by atoms with Crippen LogP contribution >= 0.6 is 0 Å². The van der Waals surface area contributed by atoms with Crippen molar-refractivity contribution in [3.63, 3.8) is 0 Å². The molecule has 2 aromatic heterocycles. The van der Waals surface area contributed by atoms with E-state index >= 15 is 0 Å². The fourth-order valence-electron chi connectivity index (χ4n) is 3.37. The van der Waals surface area contributed by atoms with Gasteiger partial charge in [-0.25, -0.2) is 19.3 Å². The number of nitrogens with zero attached hydrogens (tertiary/aromatic N) is 4. The number of hydrogen-bond acceptors (Lipinski definition) is 7. The van der Waals surface area contributed by atoms with E-state index in [4.69, 9.17) is 10.5 Å². The molecule has 3 heterocycles. The van der Waals surface area contributed by atoms with Gasteiger partial charge in [-0.15, -0.1) is 0 Å². The SMILES string of the molecule is COc1ccnc(-c2cc(F)ccc2[C@H]2Cc3nc(N)nc(C)c3C(=O)N2)n1. The number of carbonyl (C=O) groups is 1. The summed E-state index contributed by atoms with van der Waals surface area (Å²) in [4.78, 5) is 29.5. The Morgan fingerprint density at radius 1 is 1.25 bits per heavy atom. The molecule has 0 saturated carbocycles. The number of methoxy groups -OCH3 is 1. The molecule has 0 unspecified atom stereocenters. The highest BCUT2D eigenvalue weighted by atomic mass is 19.1. The van der Waals surface area contributed by atoms with Gasteiger partial charge in [-0.05, 0) is 24.6 Å². The Labute approximate surface area is 160 Å². The van der Waals surface area contributed by atoms with Crippen LogP contribution in [-0.2, 0) is 6.42 Å². The molecule has 0 aliphatic carbocycles. The van der Waals surface area contributed by atoms with Crippen molar-refractivity contribution < 1.29 is 13.9 Å². The fourth-order valence-corrected chi connectivity index (χ4v) is 3.37.